The van der Waals surface area contributed by atoms with E-state index in [9.17, 15) is 13.2 Å². The van der Waals surface area contributed by atoms with E-state index in [1.807, 2.05) is 13.0 Å². The summed E-state index contributed by atoms with van der Waals surface area (Å²) in [5, 5.41) is 11.5. The van der Waals surface area contributed by atoms with Crippen molar-refractivity contribution in [2.75, 3.05) is 22.4 Å². The number of benzene rings is 2. The van der Waals surface area contributed by atoms with E-state index in [1.54, 1.807) is 42.5 Å². The van der Waals surface area contributed by atoms with Crippen molar-refractivity contribution < 1.29 is 13.2 Å². The average molecular weight is 343 g/mol. The van der Waals surface area contributed by atoms with Crippen LogP contribution in [-0.4, -0.2) is 27.1 Å². The maximum Gasteiger partial charge on any atom is 0.245 e. The highest BCUT2D eigenvalue weighted by molar-refractivity contribution is 7.92. The summed E-state index contributed by atoms with van der Waals surface area (Å²) in [4.78, 5) is 12.2. The molecule has 0 atom stereocenters. The number of anilines is 2. The number of carbonyl (C=O) groups is 1. The summed E-state index contributed by atoms with van der Waals surface area (Å²) in [6, 6.07) is 15.3. The van der Waals surface area contributed by atoms with Crippen LogP contribution in [0.3, 0.4) is 0 Å². The molecule has 0 fully saturated rings. The van der Waals surface area contributed by atoms with E-state index in [0.717, 1.165) is 16.1 Å². The molecule has 0 aliphatic rings. The minimum atomic E-state index is -3.61. The minimum Gasteiger partial charge on any atom is -0.324 e. The van der Waals surface area contributed by atoms with Crippen LogP contribution >= 0.6 is 0 Å². The van der Waals surface area contributed by atoms with Gasteiger partial charge in [-0.1, -0.05) is 23.8 Å². The fraction of sp³-hybridized carbons (Fsp3) is 0.176. The summed E-state index contributed by atoms with van der Waals surface area (Å²) in [7, 11) is -3.61. The van der Waals surface area contributed by atoms with Crippen LogP contribution < -0.4 is 9.62 Å². The minimum absolute atomic E-state index is 0.349. The first-order valence-corrected chi connectivity index (χ1v) is 8.99. The van der Waals surface area contributed by atoms with Crippen molar-refractivity contribution in [3.8, 4) is 6.07 Å². The van der Waals surface area contributed by atoms with Gasteiger partial charge in [0, 0.05) is 5.69 Å². The van der Waals surface area contributed by atoms with E-state index in [1.165, 1.54) is 6.07 Å². The molecule has 0 aliphatic carbocycles. The molecule has 0 aliphatic heterocycles. The summed E-state index contributed by atoms with van der Waals surface area (Å²) in [6.45, 7) is 1.54. The van der Waals surface area contributed by atoms with Crippen molar-refractivity contribution in [2.24, 2.45) is 0 Å². The van der Waals surface area contributed by atoms with E-state index in [-0.39, 0.29) is 6.54 Å². The highest BCUT2D eigenvalue weighted by Gasteiger charge is 2.20. The fourth-order valence-corrected chi connectivity index (χ4v) is 2.96. The van der Waals surface area contributed by atoms with Gasteiger partial charge in [-0.2, -0.15) is 5.26 Å². The molecule has 0 saturated carbocycles. The lowest BCUT2D eigenvalue weighted by atomic mass is 10.2. The quantitative estimate of drug-likeness (QED) is 0.902. The standard InChI is InChI=1S/C17H17N3O3S/c1-13-6-8-16(9-7-13)20(24(2,22)23)12-17(21)19-15-5-3-4-14(10-15)11-18/h3-10H,12H2,1-2H3,(H,19,21). The Hall–Kier alpha value is -2.85. The summed E-state index contributed by atoms with van der Waals surface area (Å²) < 4.78 is 25.1. The zero-order valence-corrected chi connectivity index (χ0v) is 14.2. The zero-order valence-electron chi connectivity index (χ0n) is 13.4. The molecule has 1 N–H and O–H groups in total. The molecule has 2 aromatic rings. The Labute approximate surface area is 141 Å². The van der Waals surface area contributed by atoms with Crippen LogP contribution in [0.25, 0.3) is 0 Å². The molecule has 0 heterocycles. The van der Waals surface area contributed by atoms with Crippen LogP contribution in [0, 0.1) is 18.3 Å². The maximum absolute atomic E-state index is 12.2. The Bertz CT molecular complexity index is 884. The van der Waals surface area contributed by atoms with Crippen molar-refractivity contribution >= 4 is 27.3 Å². The van der Waals surface area contributed by atoms with Crippen molar-refractivity contribution in [3.05, 3.63) is 59.7 Å². The molecule has 7 heteroatoms. The molecule has 0 radical (unpaired) electrons. The molecule has 1 amide bonds. The van der Waals surface area contributed by atoms with Crippen LogP contribution in [0.4, 0.5) is 11.4 Å². The van der Waals surface area contributed by atoms with Gasteiger partial charge < -0.3 is 5.32 Å². The first kappa shape index (κ1) is 17.5. The van der Waals surface area contributed by atoms with Gasteiger partial charge in [-0.25, -0.2) is 8.42 Å². The van der Waals surface area contributed by atoms with Crippen molar-refractivity contribution in [1.29, 1.82) is 5.26 Å². The molecule has 24 heavy (non-hydrogen) atoms. The third-order valence-electron chi connectivity index (χ3n) is 3.28. The van der Waals surface area contributed by atoms with Gasteiger partial charge in [-0.15, -0.1) is 0 Å². The second-order valence-electron chi connectivity index (χ2n) is 5.35. The van der Waals surface area contributed by atoms with Crippen molar-refractivity contribution in [2.45, 2.75) is 6.92 Å². The van der Waals surface area contributed by atoms with Gasteiger partial charge in [0.1, 0.15) is 6.54 Å². The topological polar surface area (TPSA) is 90.3 Å². The van der Waals surface area contributed by atoms with Gasteiger partial charge >= 0.3 is 0 Å². The average Bonchev–Trinajstić information content (AvgIpc) is 2.53. The first-order chi connectivity index (χ1) is 11.3. The summed E-state index contributed by atoms with van der Waals surface area (Å²) >= 11 is 0. The van der Waals surface area contributed by atoms with Crippen LogP contribution in [0.2, 0.25) is 0 Å². The van der Waals surface area contributed by atoms with Crippen LogP contribution in [0.1, 0.15) is 11.1 Å². The molecule has 2 rings (SSSR count). The third-order valence-corrected chi connectivity index (χ3v) is 4.43. The lowest BCUT2D eigenvalue weighted by molar-refractivity contribution is -0.114. The van der Waals surface area contributed by atoms with Gasteiger partial charge in [-0.05, 0) is 37.3 Å². The van der Waals surface area contributed by atoms with E-state index in [4.69, 9.17) is 5.26 Å². The molecule has 0 spiro atoms. The van der Waals surface area contributed by atoms with E-state index < -0.39 is 15.9 Å². The number of sulfonamides is 1. The second-order valence-corrected chi connectivity index (χ2v) is 7.25. The number of rotatable bonds is 5. The van der Waals surface area contributed by atoms with Gasteiger partial charge in [-0.3, -0.25) is 9.10 Å². The van der Waals surface area contributed by atoms with Gasteiger partial charge in [0.25, 0.3) is 0 Å². The molecule has 2 aromatic carbocycles. The van der Waals surface area contributed by atoms with E-state index >= 15 is 0 Å². The maximum atomic E-state index is 12.2. The summed E-state index contributed by atoms with van der Waals surface area (Å²) in [6.07, 6.45) is 1.05. The molecule has 124 valence electrons. The van der Waals surface area contributed by atoms with E-state index in [0.29, 0.717) is 16.9 Å². The lowest BCUT2D eigenvalue weighted by Crippen LogP contribution is -2.37. The molecule has 0 bridgehead atoms. The number of hydrogen-bond donors (Lipinski definition) is 1. The number of carbonyl (C=O) groups excluding carboxylic acids is 1. The molecule has 0 aromatic heterocycles. The smallest absolute Gasteiger partial charge is 0.245 e. The van der Waals surface area contributed by atoms with Crippen molar-refractivity contribution in [3.63, 3.8) is 0 Å². The van der Waals surface area contributed by atoms with Crippen molar-refractivity contribution in [1.82, 2.24) is 0 Å². The molecule has 0 unspecified atom stereocenters. The third kappa shape index (κ3) is 4.57. The highest BCUT2D eigenvalue weighted by Crippen LogP contribution is 2.18. The lowest BCUT2D eigenvalue weighted by Gasteiger charge is -2.22. The number of amides is 1. The Balaban J connectivity index is 2.19. The van der Waals surface area contributed by atoms with Crippen LogP contribution in [0.5, 0.6) is 0 Å². The van der Waals surface area contributed by atoms with Crippen LogP contribution in [-0.2, 0) is 14.8 Å². The normalized spacial score (nSPS) is 10.7. The number of nitrogens with zero attached hydrogens (tertiary/aromatic N) is 2. The Morgan fingerprint density at radius 1 is 1.21 bits per heavy atom. The largest absolute Gasteiger partial charge is 0.324 e. The SMILES string of the molecule is Cc1ccc(N(CC(=O)Nc2cccc(C#N)c2)S(C)(=O)=O)cc1. The first-order valence-electron chi connectivity index (χ1n) is 7.14. The number of nitriles is 1. The Morgan fingerprint density at radius 3 is 2.46 bits per heavy atom. The van der Waals surface area contributed by atoms with Gasteiger partial charge in [0.2, 0.25) is 15.9 Å². The number of nitrogens with one attached hydrogen (secondary N) is 1. The fourth-order valence-electron chi connectivity index (χ4n) is 2.11. The van der Waals surface area contributed by atoms with Crippen LogP contribution in [0.15, 0.2) is 48.5 Å². The number of aryl methyl sites for hydroxylation is 1. The molecular formula is C17H17N3O3S. The van der Waals surface area contributed by atoms with E-state index in [2.05, 4.69) is 5.32 Å². The predicted octanol–water partition coefficient (Wildman–Crippen LogP) is 2.27. The summed E-state index contributed by atoms with van der Waals surface area (Å²) in [5.74, 6) is -0.490. The Morgan fingerprint density at radius 2 is 1.88 bits per heavy atom. The highest BCUT2D eigenvalue weighted by atomic mass is 32.2. The number of hydrogen-bond acceptors (Lipinski definition) is 4. The van der Waals surface area contributed by atoms with Gasteiger partial charge in [0.05, 0.1) is 23.6 Å². The molecule has 6 nitrogen and oxygen atoms in total. The second kappa shape index (κ2) is 7.15. The summed E-state index contributed by atoms with van der Waals surface area (Å²) in [5.41, 5.74) is 2.26. The predicted molar refractivity (Wildman–Crippen MR) is 93.2 cm³/mol. The molecular weight excluding hydrogens is 326 g/mol. The Kier molecular flexibility index (Phi) is 5.21. The monoisotopic (exact) mass is 343 g/mol. The van der Waals surface area contributed by atoms with Gasteiger partial charge in [0.15, 0.2) is 0 Å². The zero-order chi connectivity index (χ0) is 17.7. The molecule has 0 saturated heterocycles.